The van der Waals surface area contributed by atoms with Crippen LogP contribution in [-0.2, 0) is 17.8 Å². The van der Waals surface area contributed by atoms with Gasteiger partial charge in [0.25, 0.3) is 11.8 Å². The number of benzene rings is 2. The van der Waals surface area contributed by atoms with Crippen LogP contribution in [0.1, 0.15) is 28.7 Å². The van der Waals surface area contributed by atoms with Crippen LogP contribution < -0.4 is 10.9 Å². The molecule has 7 heteroatoms. The largest absolute Gasteiger partial charge is 0.318 e. The lowest BCUT2D eigenvalue weighted by Gasteiger charge is -2.10. The van der Waals surface area contributed by atoms with Gasteiger partial charge in [0.1, 0.15) is 12.4 Å². The first kappa shape index (κ1) is 17.2. The molecule has 2 N–H and O–H groups in total. The van der Waals surface area contributed by atoms with E-state index < -0.39 is 5.91 Å². The van der Waals surface area contributed by atoms with Crippen LogP contribution in [-0.4, -0.2) is 21.4 Å². The Morgan fingerprint density at radius 2 is 1.85 bits per heavy atom. The Balaban J connectivity index is 1.66. The number of carbonyl (C=O) groups excluding carboxylic acids is 2. The van der Waals surface area contributed by atoms with E-state index in [0.29, 0.717) is 17.5 Å². The second-order valence-electron chi connectivity index (χ2n) is 5.65. The molecule has 0 aliphatic rings. The van der Waals surface area contributed by atoms with Crippen molar-refractivity contribution in [2.45, 2.75) is 19.9 Å². The van der Waals surface area contributed by atoms with Crippen molar-refractivity contribution >= 4 is 22.8 Å². The highest BCUT2D eigenvalue weighted by Gasteiger charge is 2.13. The topological polar surface area (TPSA) is 99.8 Å². The standard InChI is InChI=1S/C19H17N5O2/c1-2-17-21-15-5-3-4-6-16(15)24(17)12-18(25)22-23-19(26)14-9-7-13(11-20)8-10-14/h3-10H,2,12H2,1H3,(H,22,25)(H,23,26). The predicted octanol–water partition coefficient (Wildman–Crippen LogP) is 1.93. The van der Waals surface area contributed by atoms with E-state index in [2.05, 4.69) is 15.8 Å². The van der Waals surface area contributed by atoms with Crippen molar-refractivity contribution in [1.29, 1.82) is 5.26 Å². The van der Waals surface area contributed by atoms with Crippen LogP contribution in [0.25, 0.3) is 11.0 Å². The molecule has 0 atom stereocenters. The van der Waals surface area contributed by atoms with Gasteiger partial charge in [-0.05, 0) is 36.4 Å². The monoisotopic (exact) mass is 347 g/mol. The van der Waals surface area contributed by atoms with Gasteiger partial charge in [-0.25, -0.2) is 4.98 Å². The van der Waals surface area contributed by atoms with E-state index in [4.69, 9.17) is 5.26 Å². The van der Waals surface area contributed by atoms with Gasteiger partial charge in [-0.3, -0.25) is 20.4 Å². The van der Waals surface area contributed by atoms with Crippen molar-refractivity contribution in [3.8, 4) is 6.07 Å². The fourth-order valence-corrected chi connectivity index (χ4v) is 2.65. The number of carbonyl (C=O) groups is 2. The summed E-state index contributed by atoms with van der Waals surface area (Å²) in [7, 11) is 0. The van der Waals surface area contributed by atoms with Crippen LogP contribution in [0.4, 0.5) is 0 Å². The van der Waals surface area contributed by atoms with E-state index >= 15 is 0 Å². The summed E-state index contributed by atoms with van der Waals surface area (Å²) in [6.07, 6.45) is 0.694. The average molecular weight is 347 g/mol. The summed E-state index contributed by atoms with van der Waals surface area (Å²) >= 11 is 0. The maximum Gasteiger partial charge on any atom is 0.269 e. The molecule has 2 amide bonds. The summed E-state index contributed by atoms with van der Waals surface area (Å²) in [5.74, 6) is -0.00124. The molecule has 0 aliphatic heterocycles. The minimum Gasteiger partial charge on any atom is -0.318 e. The molecule has 0 saturated heterocycles. The fourth-order valence-electron chi connectivity index (χ4n) is 2.65. The van der Waals surface area contributed by atoms with E-state index in [0.717, 1.165) is 16.9 Å². The highest BCUT2D eigenvalue weighted by molar-refractivity contribution is 5.95. The molecule has 7 nitrogen and oxygen atoms in total. The molecule has 3 aromatic rings. The summed E-state index contributed by atoms with van der Waals surface area (Å²) in [4.78, 5) is 28.8. The van der Waals surface area contributed by atoms with E-state index in [1.54, 1.807) is 12.1 Å². The molecule has 2 aromatic carbocycles. The van der Waals surface area contributed by atoms with Crippen LogP contribution in [0.5, 0.6) is 0 Å². The normalized spacial score (nSPS) is 10.3. The fraction of sp³-hybridized carbons (Fsp3) is 0.158. The van der Waals surface area contributed by atoms with Crippen molar-refractivity contribution in [1.82, 2.24) is 20.4 Å². The molecule has 26 heavy (non-hydrogen) atoms. The number of imidazole rings is 1. The molecule has 0 radical (unpaired) electrons. The first-order valence-electron chi connectivity index (χ1n) is 8.16. The van der Waals surface area contributed by atoms with E-state index in [1.807, 2.05) is 41.8 Å². The van der Waals surface area contributed by atoms with E-state index in [9.17, 15) is 9.59 Å². The van der Waals surface area contributed by atoms with Crippen LogP contribution in [0.3, 0.4) is 0 Å². The molecule has 0 bridgehead atoms. The van der Waals surface area contributed by atoms with Gasteiger partial charge >= 0.3 is 0 Å². The number of hydrogen-bond donors (Lipinski definition) is 2. The van der Waals surface area contributed by atoms with Crippen LogP contribution in [0, 0.1) is 11.3 Å². The van der Waals surface area contributed by atoms with Crippen LogP contribution >= 0.6 is 0 Å². The molecule has 3 rings (SSSR count). The summed E-state index contributed by atoms with van der Waals surface area (Å²) in [6.45, 7) is 2.03. The molecule has 130 valence electrons. The van der Waals surface area contributed by atoms with E-state index in [1.165, 1.54) is 12.1 Å². The third kappa shape index (κ3) is 3.54. The Morgan fingerprint density at radius 1 is 1.12 bits per heavy atom. The van der Waals surface area contributed by atoms with Crippen molar-refractivity contribution < 1.29 is 9.59 Å². The van der Waals surface area contributed by atoms with Gasteiger partial charge in [0.15, 0.2) is 0 Å². The maximum atomic E-state index is 12.2. The minimum atomic E-state index is -0.450. The smallest absolute Gasteiger partial charge is 0.269 e. The lowest BCUT2D eigenvalue weighted by molar-refractivity contribution is -0.122. The Hall–Kier alpha value is -3.66. The molecular formula is C19H17N5O2. The number of nitrogens with one attached hydrogen (secondary N) is 2. The van der Waals surface area contributed by atoms with Crippen LogP contribution in [0.15, 0.2) is 48.5 Å². The average Bonchev–Trinajstić information content (AvgIpc) is 3.04. The lowest BCUT2D eigenvalue weighted by Crippen LogP contribution is -2.43. The maximum absolute atomic E-state index is 12.2. The molecule has 1 heterocycles. The molecule has 1 aromatic heterocycles. The summed E-state index contributed by atoms with van der Waals surface area (Å²) in [5.41, 5.74) is 7.31. The van der Waals surface area contributed by atoms with E-state index in [-0.39, 0.29) is 12.5 Å². The van der Waals surface area contributed by atoms with Gasteiger partial charge in [-0.15, -0.1) is 0 Å². The van der Waals surface area contributed by atoms with Crippen LogP contribution in [0.2, 0.25) is 0 Å². The lowest BCUT2D eigenvalue weighted by atomic mass is 10.1. The number of hydrazine groups is 1. The third-order valence-corrected chi connectivity index (χ3v) is 3.94. The third-order valence-electron chi connectivity index (χ3n) is 3.94. The first-order chi connectivity index (χ1) is 12.6. The molecule has 0 spiro atoms. The second kappa shape index (κ2) is 7.49. The Bertz CT molecular complexity index is 999. The first-order valence-corrected chi connectivity index (χ1v) is 8.16. The number of hydrogen-bond acceptors (Lipinski definition) is 4. The Morgan fingerprint density at radius 3 is 2.54 bits per heavy atom. The molecule has 0 aliphatic carbocycles. The van der Waals surface area contributed by atoms with Gasteiger partial charge in [-0.1, -0.05) is 19.1 Å². The number of nitrogens with zero attached hydrogens (tertiary/aromatic N) is 3. The minimum absolute atomic E-state index is 0.0529. The zero-order valence-electron chi connectivity index (χ0n) is 14.2. The van der Waals surface area contributed by atoms with Crippen molar-refractivity contribution in [2.24, 2.45) is 0 Å². The van der Waals surface area contributed by atoms with Crippen molar-refractivity contribution in [3.05, 3.63) is 65.5 Å². The molecule has 0 saturated carbocycles. The number of fused-ring (bicyclic) bond motifs is 1. The van der Waals surface area contributed by atoms with Crippen molar-refractivity contribution in [3.63, 3.8) is 0 Å². The Labute approximate surface area is 150 Å². The highest BCUT2D eigenvalue weighted by Crippen LogP contribution is 2.16. The zero-order valence-corrected chi connectivity index (χ0v) is 14.2. The van der Waals surface area contributed by atoms with Gasteiger partial charge in [0.2, 0.25) is 0 Å². The summed E-state index contributed by atoms with van der Waals surface area (Å²) in [6, 6.07) is 15.7. The summed E-state index contributed by atoms with van der Waals surface area (Å²) < 4.78 is 1.83. The Kier molecular flexibility index (Phi) is 4.94. The number of aromatic nitrogens is 2. The number of rotatable bonds is 4. The predicted molar refractivity (Wildman–Crippen MR) is 95.9 cm³/mol. The number of para-hydroxylation sites is 2. The SMILES string of the molecule is CCc1nc2ccccc2n1CC(=O)NNC(=O)c1ccc(C#N)cc1. The quantitative estimate of drug-likeness (QED) is 0.704. The van der Waals surface area contributed by atoms with Gasteiger partial charge in [-0.2, -0.15) is 5.26 Å². The molecule has 0 unspecified atom stereocenters. The van der Waals surface area contributed by atoms with Gasteiger partial charge in [0, 0.05) is 12.0 Å². The molecule has 0 fully saturated rings. The highest BCUT2D eigenvalue weighted by atomic mass is 16.2. The number of aryl methyl sites for hydroxylation is 1. The van der Waals surface area contributed by atoms with Gasteiger partial charge < -0.3 is 4.57 Å². The number of nitriles is 1. The number of amides is 2. The molecular weight excluding hydrogens is 330 g/mol. The summed E-state index contributed by atoms with van der Waals surface area (Å²) in [5, 5.41) is 8.77. The second-order valence-corrected chi connectivity index (χ2v) is 5.65. The van der Waals surface area contributed by atoms with Gasteiger partial charge in [0.05, 0.1) is 22.7 Å². The zero-order chi connectivity index (χ0) is 18.5. The van der Waals surface area contributed by atoms with Crippen molar-refractivity contribution in [2.75, 3.05) is 0 Å².